The molecule has 4 rings (SSSR count). The number of aromatic nitrogens is 4. The zero-order valence-corrected chi connectivity index (χ0v) is 14.8. The molecule has 27 heavy (non-hydrogen) atoms. The van der Waals surface area contributed by atoms with Gasteiger partial charge in [-0.3, -0.25) is 4.79 Å². The summed E-state index contributed by atoms with van der Waals surface area (Å²) in [6.07, 6.45) is 11.2. The van der Waals surface area contributed by atoms with Gasteiger partial charge in [0.2, 0.25) is 0 Å². The first kappa shape index (κ1) is 17.2. The van der Waals surface area contributed by atoms with E-state index in [1.165, 1.54) is 6.20 Å². The molecule has 0 aromatic carbocycles. The summed E-state index contributed by atoms with van der Waals surface area (Å²) in [5.41, 5.74) is 13.3. The number of rotatable bonds is 5. The van der Waals surface area contributed by atoms with Gasteiger partial charge >= 0.3 is 0 Å². The number of nitrogens with two attached hydrogens (primary N) is 2. The van der Waals surface area contributed by atoms with Crippen LogP contribution in [0.1, 0.15) is 36.2 Å². The Kier molecular flexibility index (Phi) is 4.59. The molecule has 1 amide bonds. The van der Waals surface area contributed by atoms with Crippen LogP contribution in [0.3, 0.4) is 0 Å². The summed E-state index contributed by atoms with van der Waals surface area (Å²) in [6.45, 7) is 0. The SMILES string of the molecule is NC(=O)c1ncc(N[C@@H]2CCCC[C@@H]2N)nc1Nc1ccc2nccn2c1. The molecular formula is C18H22N8O. The first-order chi connectivity index (χ1) is 13.1. The van der Waals surface area contributed by atoms with Gasteiger partial charge in [-0.2, -0.15) is 0 Å². The third kappa shape index (κ3) is 3.68. The highest BCUT2D eigenvalue weighted by Crippen LogP contribution is 2.23. The number of carbonyl (C=O) groups is 1. The average Bonchev–Trinajstić information content (AvgIpc) is 3.11. The maximum Gasteiger partial charge on any atom is 0.271 e. The number of carbonyl (C=O) groups excluding carboxylic acids is 1. The number of hydrogen-bond donors (Lipinski definition) is 4. The number of primary amides is 1. The number of imidazole rings is 1. The Labute approximate surface area is 156 Å². The second-order valence-corrected chi connectivity index (χ2v) is 6.75. The lowest BCUT2D eigenvalue weighted by Gasteiger charge is -2.29. The van der Waals surface area contributed by atoms with Crippen LogP contribution in [0, 0.1) is 0 Å². The largest absolute Gasteiger partial charge is 0.364 e. The van der Waals surface area contributed by atoms with Crippen molar-refractivity contribution in [2.24, 2.45) is 11.5 Å². The molecule has 1 aliphatic carbocycles. The molecule has 0 aliphatic heterocycles. The Hall–Kier alpha value is -3.20. The van der Waals surface area contributed by atoms with E-state index in [1.54, 1.807) is 6.20 Å². The lowest BCUT2D eigenvalue weighted by atomic mass is 9.91. The van der Waals surface area contributed by atoms with Gasteiger partial charge in [-0.25, -0.2) is 15.0 Å². The molecule has 0 unspecified atom stereocenters. The Bertz CT molecular complexity index is 969. The highest BCUT2D eigenvalue weighted by molar-refractivity contribution is 5.96. The van der Waals surface area contributed by atoms with E-state index in [0.717, 1.165) is 37.0 Å². The van der Waals surface area contributed by atoms with Crippen molar-refractivity contribution < 1.29 is 4.79 Å². The summed E-state index contributed by atoms with van der Waals surface area (Å²) < 4.78 is 1.86. The fourth-order valence-electron chi connectivity index (χ4n) is 3.39. The fourth-order valence-corrected chi connectivity index (χ4v) is 3.39. The minimum absolute atomic E-state index is 0.0800. The van der Waals surface area contributed by atoms with Gasteiger partial charge in [0.1, 0.15) is 11.5 Å². The van der Waals surface area contributed by atoms with E-state index in [2.05, 4.69) is 25.6 Å². The lowest BCUT2D eigenvalue weighted by Crippen LogP contribution is -2.42. The zero-order chi connectivity index (χ0) is 18.8. The van der Waals surface area contributed by atoms with E-state index < -0.39 is 5.91 Å². The van der Waals surface area contributed by atoms with Crippen LogP contribution in [0.5, 0.6) is 0 Å². The molecule has 0 bridgehead atoms. The Balaban J connectivity index is 1.61. The summed E-state index contributed by atoms with van der Waals surface area (Å²) in [7, 11) is 0. The average molecular weight is 366 g/mol. The van der Waals surface area contributed by atoms with Crippen molar-refractivity contribution in [1.29, 1.82) is 0 Å². The van der Waals surface area contributed by atoms with Crippen LogP contribution >= 0.6 is 0 Å². The van der Waals surface area contributed by atoms with E-state index in [1.807, 2.05) is 28.9 Å². The molecule has 2 atom stereocenters. The van der Waals surface area contributed by atoms with Crippen LogP contribution in [0.25, 0.3) is 5.65 Å². The Morgan fingerprint density at radius 1 is 1.22 bits per heavy atom. The highest BCUT2D eigenvalue weighted by atomic mass is 16.1. The smallest absolute Gasteiger partial charge is 0.271 e. The number of anilines is 3. The maximum absolute atomic E-state index is 11.8. The number of nitrogens with one attached hydrogen (secondary N) is 2. The van der Waals surface area contributed by atoms with Crippen LogP contribution in [0.4, 0.5) is 17.3 Å². The van der Waals surface area contributed by atoms with Crippen LogP contribution < -0.4 is 22.1 Å². The summed E-state index contributed by atoms with van der Waals surface area (Å²) in [5.74, 6) is 0.222. The Morgan fingerprint density at radius 3 is 2.89 bits per heavy atom. The molecule has 0 spiro atoms. The maximum atomic E-state index is 11.8. The van der Waals surface area contributed by atoms with Crippen molar-refractivity contribution in [2.45, 2.75) is 37.8 Å². The number of hydrogen-bond acceptors (Lipinski definition) is 7. The van der Waals surface area contributed by atoms with Gasteiger partial charge in [0.15, 0.2) is 11.5 Å². The molecule has 140 valence electrons. The number of nitrogens with zero attached hydrogens (tertiary/aromatic N) is 4. The summed E-state index contributed by atoms with van der Waals surface area (Å²) in [5, 5.41) is 6.47. The van der Waals surface area contributed by atoms with Gasteiger partial charge in [-0.05, 0) is 25.0 Å². The monoisotopic (exact) mass is 366 g/mol. The van der Waals surface area contributed by atoms with Gasteiger partial charge in [-0.15, -0.1) is 0 Å². The summed E-state index contributed by atoms with van der Waals surface area (Å²) >= 11 is 0. The van der Waals surface area contributed by atoms with Crippen molar-refractivity contribution >= 4 is 28.9 Å². The van der Waals surface area contributed by atoms with Crippen molar-refractivity contribution in [1.82, 2.24) is 19.4 Å². The standard InChI is InChI=1S/C18H22N8O/c19-12-3-1-2-4-13(12)24-14-9-22-16(17(20)27)18(25-14)23-11-5-6-15-21-7-8-26(15)10-11/h5-10,12-13H,1-4,19H2,(H2,20,27)(H2,23,24,25)/t12-,13+/m0/s1. The Morgan fingerprint density at radius 2 is 2.07 bits per heavy atom. The van der Waals surface area contributed by atoms with E-state index in [4.69, 9.17) is 11.5 Å². The molecule has 0 radical (unpaired) electrons. The van der Waals surface area contributed by atoms with Crippen LogP contribution in [-0.2, 0) is 0 Å². The van der Waals surface area contributed by atoms with Crippen LogP contribution in [-0.4, -0.2) is 37.3 Å². The molecule has 0 saturated heterocycles. The summed E-state index contributed by atoms with van der Waals surface area (Å²) in [4.78, 5) is 24.7. The zero-order valence-electron chi connectivity index (χ0n) is 14.8. The minimum atomic E-state index is -0.644. The van der Waals surface area contributed by atoms with E-state index in [9.17, 15) is 4.79 Å². The highest BCUT2D eigenvalue weighted by Gasteiger charge is 2.22. The van der Waals surface area contributed by atoms with Gasteiger partial charge in [-0.1, -0.05) is 12.8 Å². The van der Waals surface area contributed by atoms with Gasteiger partial charge in [0.25, 0.3) is 5.91 Å². The van der Waals surface area contributed by atoms with Crippen molar-refractivity contribution in [3.8, 4) is 0 Å². The molecule has 3 heterocycles. The van der Waals surface area contributed by atoms with E-state index in [-0.39, 0.29) is 17.8 Å². The van der Waals surface area contributed by atoms with Crippen molar-refractivity contribution in [3.63, 3.8) is 0 Å². The summed E-state index contributed by atoms with van der Waals surface area (Å²) in [6, 6.07) is 3.94. The van der Waals surface area contributed by atoms with Crippen LogP contribution in [0.2, 0.25) is 0 Å². The second kappa shape index (κ2) is 7.20. The van der Waals surface area contributed by atoms with E-state index in [0.29, 0.717) is 11.6 Å². The molecule has 3 aromatic rings. The first-order valence-corrected chi connectivity index (χ1v) is 8.99. The molecule has 6 N–H and O–H groups in total. The molecular weight excluding hydrogens is 344 g/mol. The predicted molar refractivity (Wildman–Crippen MR) is 103 cm³/mol. The minimum Gasteiger partial charge on any atom is -0.364 e. The number of amides is 1. The lowest BCUT2D eigenvalue weighted by molar-refractivity contribution is 0.0996. The van der Waals surface area contributed by atoms with Crippen LogP contribution in [0.15, 0.2) is 36.9 Å². The molecule has 3 aromatic heterocycles. The topological polar surface area (TPSA) is 136 Å². The second-order valence-electron chi connectivity index (χ2n) is 6.75. The molecule has 9 nitrogen and oxygen atoms in total. The number of pyridine rings is 1. The molecule has 1 aliphatic rings. The van der Waals surface area contributed by atoms with Gasteiger partial charge in [0, 0.05) is 30.7 Å². The van der Waals surface area contributed by atoms with E-state index >= 15 is 0 Å². The fraction of sp³-hybridized carbons (Fsp3) is 0.333. The van der Waals surface area contributed by atoms with Crippen molar-refractivity contribution in [2.75, 3.05) is 10.6 Å². The molecule has 1 fully saturated rings. The van der Waals surface area contributed by atoms with Gasteiger partial charge < -0.3 is 26.5 Å². The predicted octanol–water partition coefficient (Wildman–Crippen LogP) is 1.65. The van der Waals surface area contributed by atoms with Crippen molar-refractivity contribution in [3.05, 3.63) is 42.6 Å². The normalized spacial score (nSPS) is 19.7. The third-order valence-corrected chi connectivity index (χ3v) is 4.81. The third-order valence-electron chi connectivity index (χ3n) is 4.81. The van der Waals surface area contributed by atoms with Gasteiger partial charge in [0.05, 0.1) is 11.9 Å². The quantitative estimate of drug-likeness (QED) is 0.539. The number of fused-ring (bicyclic) bond motifs is 1. The molecule has 1 saturated carbocycles. The first-order valence-electron chi connectivity index (χ1n) is 8.99. The molecule has 9 heteroatoms.